The number of carbonyl (C=O) groups is 1. The molecular weight excluding hydrogens is 352 g/mol. The van der Waals surface area contributed by atoms with Crippen molar-refractivity contribution in [3.63, 3.8) is 0 Å². The molecule has 1 aromatic heterocycles. The minimum atomic E-state index is -0.299. The Morgan fingerprint density at radius 2 is 1.57 bits per heavy atom. The molecule has 0 saturated heterocycles. The number of carbonyl (C=O) groups excluding carboxylic acids is 1. The molecule has 1 N–H and O–H groups in total. The second kappa shape index (κ2) is 7.80. The Kier molecular flexibility index (Phi) is 4.89. The number of amides is 1. The summed E-state index contributed by atoms with van der Waals surface area (Å²) < 4.78 is 11.1. The van der Waals surface area contributed by atoms with Crippen LogP contribution in [0.25, 0.3) is 22.7 Å². The number of anilines is 1. The third-order valence-electron chi connectivity index (χ3n) is 4.25. The highest BCUT2D eigenvalue weighted by molar-refractivity contribution is 6.05. The van der Waals surface area contributed by atoms with E-state index in [0.717, 1.165) is 11.1 Å². The van der Waals surface area contributed by atoms with E-state index >= 15 is 0 Å². The molecule has 0 fully saturated rings. The molecule has 1 heterocycles. The molecule has 28 heavy (non-hydrogen) atoms. The van der Waals surface area contributed by atoms with Gasteiger partial charge in [-0.3, -0.25) is 10.1 Å². The van der Waals surface area contributed by atoms with E-state index in [0.29, 0.717) is 28.8 Å². The summed E-state index contributed by atoms with van der Waals surface area (Å²) in [6.45, 7) is 0. The van der Waals surface area contributed by atoms with Crippen LogP contribution < -0.4 is 10.1 Å². The summed E-state index contributed by atoms with van der Waals surface area (Å²) >= 11 is 0. The lowest BCUT2D eigenvalue weighted by Gasteiger charge is -2.06. The molecule has 5 heteroatoms. The monoisotopic (exact) mass is 370 g/mol. The number of rotatable bonds is 5. The fourth-order valence-corrected chi connectivity index (χ4v) is 2.84. The van der Waals surface area contributed by atoms with Crippen molar-refractivity contribution in [2.75, 3.05) is 12.4 Å². The number of benzene rings is 3. The van der Waals surface area contributed by atoms with Gasteiger partial charge in [-0.2, -0.15) is 0 Å². The number of nitrogens with zero attached hydrogens (tertiary/aromatic N) is 1. The summed E-state index contributed by atoms with van der Waals surface area (Å²) in [6, 6.07) is 26.1. The van der Waals surface area contributed by atoms with Gasteiger partial charge >= 0.3 is 0 Å². The number of methoxy groups -OCH3 is 1. The van der Waals surface area contributed by atoms with Crippen LogP contribution in [0.15, 0.2) is 89.3 Å². The van der Waals surface area contributed by atoms with E-state index in [2.05, 4.69) is 10.3 Å². The number of nitrogens with one attached hydrogen (secondary N) is 1. The number of aromatic nitrogens is 1. The Hall–Kier alpha value is -3.86. The molecule has 0 bridgehead atoms. The van der Waals surface area contributed by atoms with Crippen molar-refractivity contribution in [2.24, 2.45) is 0 Å². The Balaban J connectivity index is 1.72. The van der Waals surface area contributed by atoms with Crippen LogP contribution in [0.2, 0.25) is 0 Å². The summed E-state index contributed by atoms with van der Waals surface area (Å²) in [7, 11) is 1.56. The maximum atomic E-state index is 12.8. The van der Waals surface area contributed by atoms with Crippen molar-refractivity contribution in [3.8, 4) is 28.5 Å². The van der Waals surface area contributed by atoms with Gasteiger partial charge in [0.2, 0.25) is 11.8 Å². The van der Waals surface area contributed by atoms with E-state index in [9.17, 15) is 4.79 Å². The van der Waals surface area contributed by atoms with Gasteiger partial charge in [-0.15, -0.1) is 0 Å². The van der Waals surface area contributed by atoms with E-state index < -0.39 is 0 Å². The average molecular weight is 370 g/mol. The van der Waals surface area contributed by atoms with Gasteiger partial charge in [0.25, 0.3) is 5.91 Å². The van der Waals surface area contributed by atoms with E-state index in [1.165, 1.54) is 0 Å². The summed E-state index contributed by atoms with van der Waals surface area (Å²) in [5.74, 6) is 1.06. The van der Waals surface area contributed by atoms with Crippen molar-refractivity contribution in [1.29, 1.82) is 0 Å². The lowest BCUT2D eigenvalue weighted by Crippen LogP contribution is -2.12. The molecule has 0 aliphatic carbocycles. The first-order valence-corrected chi connectivity index (χ1v) is 8.81. The standard InChI is InChI=1S/C23H18N2O3/c1-27-19-14-8-13-18(15-19)21(26)25-23-20(16-9-4-2-5-10-16)24-22(28-23)17-11-6-3-7-12-17/h2-15H,1H3,(H,25,26). The minimum Gasteiger partial charge on any atom is -0.497 e. The van der Waals surface area contributed by atoms with Gasteiger partial charge in [0, 0.05) is 16.7 Å². The first-order valence-electron chi connectivity index (χ1n) is 8.81. The molecule has 0 saturated carbocycles. The van der Waals surface area contributed by atoms with Crippen LogP contribution in [0, 0.1) is 0 Å². The van der Waals surface area contributed by atoms with E-state index in [1.54, 1.807) is 31.4 Å². The quantitative estimate of drug-likeness (QED) is 0.520. The Labute approximate surface area is 162 Å². The Morgan fingerprint density at radius 1 is 0.893 bits per heavy atom. The first kappa shape index (κ1) is 17.5. The summed E-state index contributed by atoms with van der Waals surface area (Å²) in [4.78, 5) is 17.4. The molecule has 4 aromatic rings. The van der Waals surface area contributed by atoms with Crippen LogP contribution in [-0.2, 0) is 0 Å². The average Bonchev–Trinajstić information content (AvgIpc) is 3.19. The van der Waals surface area contributed by atoms with Crippen LogP contribution in [0.1, 0.15) is 10.4 Å². The van der Waals surface area contributed by atoms with Crippen molar-refractivity contribution < 1.29 is 13.9 Å². The summed E-state index contributed by atoms with van der Waals surface area (Å²) in [6.07, 6.45) is 0. The second-order valence-electron chi connectivity index (χ2n) is 6.11. The molecule has 0 unspecified atom stereocenters. The Bertz CT molecular complexity index is 1090. The van der Waals surface area contributed by atoms with Gasteiger partial charge < -0.3 is 9.15 Å². The van der Waals surface area contributed by atoms with Gasteiger partial charge in [-0.1, -0.05) is 54.6 Å². The highest BCUT2D eigenvalue weighted by Gasteiger charge is 2.19. The predicted octanol–water partition coefficient (Wildman–Crippen LogP) is 5.27. The van der Waals surface area contributed by atoms with Crippen LogP contribution >= 0.6 is 0 Å². The number of ether oxygens (including phenoxy) is 1. The van der Waals surface area contributed by atoms with E-state index in [1.807, 2.05) is 60.7 Å². The normalized spacial score (nSPS) is 10.5. The topological polar surface area (TPSA) is 64.4 Å². The molecular formula is C23H18N2O3. The maximum absolute atomic E-state index is 12.8. The highest BCUT2D eigenvalue weighted by atomic mass is 16.5. The zero-order chi connectivity index (χ0) is 19.3. The van der Waals surface area contributed by atoms with Crippen LogP contribution in [0.4, 0.5) is 5.88 Å². The lowest BCUT2D eigenvalue weighted by atomic mass is 10.1. The van der Waals surface area contributed by atoms with Crippen molar-refractivity contribution in [2.45, 2.75) is 0 Å². The number of oxazole rings is 1. The SMILES string of the molecule is COc1cccc(C(=O)Nc2oc(-c3ccccc3)nc2-c2ccccc2)c1. The maximum Gasteiger partial charge on any atom is 0.258 e. The van der Waals surface area contributed by atoms with Gasteiger partial charge in [0.05, 0.1) is 7.11 Å². The van der Waals surface area contributed by atoms with Gasteiger partial charge in [-0.25, -0.2) is 4.98 Å². The zero-order valence-corrected chi connectivity index (χ0v) is 15.3. The first-order chi connectivity index (χ1) is 13.7. The fourth-order valence-electron chi connectivity index (χ4n) is 2.84. The van der Waals surface area contributed by atoms with Crippen LogP contribution in [0.3, 0.4) is 0 Å². The smallest absolute Gasteiger partial charge is 0.258 e. The summed E-state index contributed by atoms with van der Waals surface area (Å²) in [5, 5.41) is 2.84. The largest absolute Gasteiger partial charge is 0.497 e. The molecule has 138 valence electrons. The fraction of sp³-hybridized carbons (Fsp3) is 0.0435. The predicted molar refractivity (Wildman–Crippen MR) is 108 cm³/mol. The number of hydrogen-bond acceptors (Lipinski definition) is 4. The molecule has 0 aliphatic heterocycles. The summed E-state index contributed by atoms with van der Waals surface area (Å²) in [5.41, 5.74) is 2.74. The zero-order valence-electron chi connectivity index (χ0n) is 15.3. The van der Waals surface area contributed by atoms with E-state index in [4.69, 9.17) is 9.15 Å². The molecule has 0 spiro atoms. The molecule has 4 rings (SSSR count). The highest BCUT2D eigenvalue weighted by Crippen LogP contribution is 2.33. The molecule has 1 amide bonds. The van der Waals surface area contributed by atoms with Crippen molar-refractivity contribution in [1.82, 2.24) is 4.98 Å². The second-order valence-corrected chi connectivity index (χ2v) is 6.11. The number of hydrogen-bond donors (Lipinski definition) is 1. The molecule has 5 nitrogen and oxygen atoms in total. The molecule has 0 aliphatic rings. The molecule has 0 atom stereocenters. The van der Waals surface area contributed by atoms with Gasteiger partial charge in [0.15, 0.2) is 0 Å². The van der Waals surface area contributed by atoms with Crippen molar-refractivity contribution in [3.05, 3.63) is 90.5 Å². The lowest BCUT2D eigenvalue weighted by molar-refractivity contribution is 0.102. The minimum absolute atomic E-state index is 0.299. The van der Waals surface area contributed by atoms with Gasteiger partial charge in [-0.05, 0) is 30.3 Å². The van der Waals surface area contributed by atoms with Crippen LogP contribution in [-0.4, -0.2) is 18.0 Å². The Morgan fingerprint density at radius 3 is 2.25 bits per heavy atom. The van der Waals surface area contributed by atoms with Gasteiger partial charge in [0.1, 0.15) is 11.4 Å². The molecule has 3 aromatic carbocycles. The van der Waals surface area contributed by atoms with Crippen molar-refractivity contribution >= 4 is 11.8 Å². The third-order valence-corrected chi connectivity index (χ3v) is 4.25. The third kappa shape index (κ3) is 3.64. The van der Waals surface area contributed by atoms with Crippen LogP contribution in [0.5, 0.6) is 5.75 Å². The molecule has 0 radical (unpaired) electrons. The van der Waals surface area contributed by atoms with E-state index in [-0.39, 0.29) is 5.91 Å².